The van der Waals surface area contributed by atoms with Crippen LogP contribution in [0.25, 0.3) is 0 Å². The monoisotopic (exact) mass is 370 g/mol. The standard InChI is InChI=1S/C16H22N2O6S/c1-16(10-24-2,9-14(19)20)17-15(21)11-3-7-13(8-4-11)25(22,23)18-12-5-6-12/h3-4,7-8,12,18H,5-6,9-10H2,1-2H3,(H,17,21)(H,19,20). The van der Waals surface area contributed by atoms with Crippen LogP contribution in [0, 0.1) is 0 Å². The molecular weight excluding hydrogens is 348 g/mol. The van der Waals surface area contributed by atoms with Gasteiger partial charge >= 0.3 is 5.97 Å². The molecule has 1 aromatic rings. The Morgan fingerprint density at radius 2 is 1.88 bits per heavy atom. The summed E-state index contributed by atoms with van der Waals surface area (Å²) in [6, 6.07) is 5.49. The molecule has 0 aromatic heterocycles. The number of rotatable bonds is 9. The van der Waals surface area contributed by atoms with Gasteiger partial charge in [-0.25, -0.2) is 13.1 Å². The van der Waals surface area contributed by atoms with Crippen molar-refractivity contribution in [2.75, 3.05) is 13.7 Å². The molecule has 1 unspecified atom stereocenters. The Balaban J connectivity index is 2.09. The molecule has 2 rings (SSSR count). The van der Waals surface area contributed by atoms with Gasteiger partial charge in [-0.15, -0.1) is 0 Å². The zero-order chi connectivity index (χ0) is 18.7. The van der Waals surface area contributed by atoms with Crippen molar-refractivity contribution in [2.45, 2.75) is 42.7 Å². The molecule has 1 aromatic carbocycles. The van der Waals surface area contributed by atoms with Crippen LogP contribution in [0.3, 0.4) is 0 Å². The summed E-state index contributed by atoms with van der Waals surface area (Å²) in [7, 11) is -2.16. The summed E-state index contributed by atoms with van der Waals surface area (Å²) in [6.07, 6.45) is 1.37. The second-order valence-electron chi connectivity index (χ2n) is 6.44. The van der Waals surface area contributed by atoms with Crippen LogP contribution < -0.4 is 10.0 Å². The van der Waals surface area contributed by atoms with Crippen LogP contribution in [0.5, 0.6) is 0 Å². The number of amides is 1. The second kappa shape index (κ2) is 7.51. The third kappa shape index (κ3) is 5.52. The third-order valence-electron chi connectivity index (χ3n) is 3.75. The molecule has 0 radical (unpaired) electrons. The van der Waals surface area contributed by atoms with E-state index >= 15 is 0 Å². The van der Waals surface area contributed by atoms with Gasteiger partial charge in [-0.05, 0) is 44.0 Å². The van der Waals surface area contributed by atoms with E-state index in [0.29, 0.717) is 0 Å². The van der Waals surface area contributed by atoms with E-state index in [2.05, 4.69) is 10.0 Å². The first-order chi connectivity index (χ1) is 11.6. The summed E-state index contributed by atoms with van der Waals surface area (Å²) < 4.78 is 31.8. The fraction of sp³-hybridized carbons (Fsp3) is 0.500. The molecule has 1 saturated carbocycles. The number of carboxylic acids is 1. The van der Waals surface area contributed by atoms with Crippen LogP contribution >= 0.6 is 0 Å². The lowest BCUT2D eigenvalue weighted by atomic mass is 9.98. The number of carboxylic acid groups (broad SMARTS) is 1. The van der Waals surface area contributed by atoms with Gasteiger partial charge in [0, 0.05) is 18.7 Å². The summed E-state index contributed by atoms with van der Waals surface area (Å²) in [4.78, 5) is 23.4. The maximum atomic E-state index is 12.3. The van der Waals surface area contributed by atoms with E-state index in [0.717, 1.165) is 12.8 Å². The van der Waals surface area contributed by atoms with Crippen LogP contribution in [0.1, 0.15) is 36.5 Å². The fourth-order valence-electron chi connectivity index (χ4n) is 2.40. The van der Waals surface area contributed by atoms with Crippen LogP contribution in [-0.4, -0.2) is 50.7 Å². The van der Waals surface area contributed by atoms with Crippen LogP contribution in [0.15, 0.2) is 29.2 Å². The van der Waals surface area contributed by atoms with Gasteiger partial charge < -0.3 is 15.2 Å². The number of sulfonamides is 1. The Kier molecular flexibility index (Phi) is 5.81. The zero-order valence-electron chi connectivity index (χ0n) is 14.1. The molecular formula is C16H22N2O6S. The topological polar surface area (TPSA) is 122 Å². The molecule has 0 heterocycles. The lowest BCUT2D eigenvalue weighted by Gasteiger charge is -2.28. The molecule has 1 atom stereocenters. The van der Waals surface area contributed by atoms with Gasteiger partial charge in [0.05, 0.1) is 23.5 Å². The van der Waals surface area contributed by atoms with Crippen molar-refractivity contribution >= 4 is 21.9 Å². The molecule has 1 fully saturated rings. The minimum absolute atomic E-state index is 0.00116. The lowest BCUT2D eigenvalue weighted by molar-refractivity contribution is -0.139. The molecule has 3 N–H and O–H groups in total. The van der Waals surface area contributed by atoms with Gasteiger partial charge in [0.1, 0.15) is 0 Å². The number of methoxy groups -OCH3 is 1. The number of ether oxygens (including phenoxy) is 1. The van der Waals surface area contributed by atoms with Crippen LogP contribution in [0.2, 0.25) is 0 Å². The first kappa shape index (κ1) is 19.4. The average Bonchev–Trinajstić information content (AvgIpc) is 3.29. The Morgan fingerprint density at radius 3 is 2.36 bits per heavy atom. The van der Waals surface area contributed by atoms with E-state index in [1.54, 1.807) is 6.92 Å². The van der Waals surface area contributed by atoms with Gasteiger partial charge in [0.2, 0.25) is 10.0 Å². The summed E-state index contributed by atoms with van der Waals surface area (Å²) in [6.45, 7) is 1.60. The summed E-state index contributed by atoms with van der Waals surface area (Å²) in [5.41, 5.74) is -0.839. The molecule has 0 saturated heterocycles. The number of aliphatic carboxylic acids is 1. The Hall–Kier alpha value is -1.97. The number of hydrogen-bond acceptors (Lipinski definition) is 5. The summed E-state index contributed by atoms with van der Waals surface area (Å²) >= 11 is 0. The Morgan fingerprint density at radius 1 is 1.28 bits per heavy atom. The second-order valence-corrected chi connectivity index (χ2v) is 8.15. The van der Waals surface area contributed by atoms with Crippen molar-refractivity contribution in [3.05, 3.63) is 29.8 Å². The minimum atomic E-state index is -3.58. The normalized spacial score (nSPS) is 16.9. The molecule has 1 aliphatic carbocycles. The predicted molar refractivity (Wildman–Crippen MR) is 89.8 cm³/mol. The van der Waals surface area contributed by atoms with Crippen molar-refractivity contribution in [1.29, 1.82) is 0 Å². The molecule has 0 bridgehead atoms. The SMILES string of the molecule is COCC(C)(CC(=O)O)NC(=O)c1ccc(S(=O)(=O)NC2CC2)cc1. The van der Waals surface area contributed by atoms with E-state index in [4.69, 9.17) is 9.84 Å². The smallest absolute Gasteiger partial charge is 0.305 e. The Bertz CT molecular complexity index is 742. The van der Waals surface area contributed by atoms with Crippen molar-refractivity contribution < 1.29 is 27.9 Å². The molecule has 1 amide bonds. The van der Waals surface area contributed by atoms with Crippen LogP contribution in [0.4, 0.5) is 0 Å². The highest BCUT2D eigenvalue weighted by atomic mass is 32.2. The van der Waals surface area contributed by atoms with Crippen molar-refractivity contribution in [1.82, 2.24) is 10.0 Å². The fourth-order valence-corrected chi connectivity index (χ4v) is 3.71. The number of benzene rings is 1. The van der Waals surface area contributed by atoms with Gasteiger partial charge in [-0.1, -0.05) is 0 Å². The quantitative estimate of drug-likeness (QED) is 0.589. The first-order valence-electron chi connectivity index (χ1n) is 7.81. The molecule has 1 aliphatic rings. The highest BCUT2D eigenvalue weighted by Crippen LogP contribution is 2.22. The van der Waals surface area contributed by atoms with E-state index in [1.807, 2.05) is 0 Å². The summed E-state index contributed by atoms with van der Waals surface area (Å²) in [5, 5.41) is 11.6. The maximum Gasteiger partial charge on any atom is 0.305 e. The number of nitrogens with one attached hydrogen (secondary N) is 2. The largest absolute Gasteiger partial charge is 0.481 e. The highest BCUT2D eigenvalue weighted by Gasteiger charge is 2.31. The highest BCUT2D eigenvalue weighted by molar-refractivity contribution is 7.89. The zero-order valence-corrected chi connectivity index (χ0v) is 14.9. The first-order valence-corrected chi connectivity index (χ1v) is 9.29. The van der Waals surface area contributed by atoms with E-state index in [-0.39, 0.29) is 29.5 Å². The molecule has 138 valence electrons. The molecule has 8 nitrogen and oxygen atoms in total. The maximum absolute atomic E-state index is 12.3. The van der Waals surface area contributed by atoms with Crippen molar-refractivity contribution in [2.24, 2.45) is 0 Å². The Labute approximate surface area is 146 Å². The summed E-state index contributed by atoms with van der Waals surface area (Å²) in [5.74, 6) is -1.56. The van der Waals surface area contributed by atoms with Gasteiger partial charge in [0.15, 0.2) is 0 Å². The number of hydrogen-bond donors (Lipinski definition) is 3. The molecule has 0 aliphatic heterocycles. The third-order valence-corrected chi connectivity index (χ3v) is 5.28. The van der Waals surface area contributed by atoms with Gasteiger partial charge in [-0.2, -0.15) is 0 Å². The van der Waals surface area contributed by atoms with E-state index < -0.39 is 27.4 Å². The molecule has 0 spiro atoms. The molecule has 25 heavy (non-hydrogen) atoms. The van der Waals surface area contributed by atoms with E-state index in [1.165, 1.54) is 31.4 Å². The predicted octanol–water partition coefficient (Wildman–Crippen LogP) is 0.737. The molecule has 9 heteroatoms. The van der Waals surface area contributed by atoms with Gasteiger partial charge in [0.25, 0.3) is 5.91 Å². The van der Waals surface area contributed by atoms with Crippen molar-refractivity contribution in [3.8, 4) is 0 Å². The van der Waals surface area contributed by atoms with Gasteiger partial charge in [-0.3, -0.25) is 9.59 Å². The van der Waals surface area contributed by atoms with Crippen LogP contribution in [-0.2, 0) is 19.6 Å². The lowest BCUT2D eigenvalue weighted by Crippen LogP contribution is -2.50. The van der Waals surface area contributed by atoms with Crippen molar-refractivity contribution in [3.63, 3.8) is 0 Å². The average molecular weight is 370 g/mol. The number of carbonyl (C=O) groups excluding carboxylic acids is 1. The van der Waals surface area contributed by atoms with E-state index in [9.17, 15) is 18.0 Å². The number of carbonyl (C=O) groups is 2. The minimum Gasteiger partial charge on any atom is -0.481 e.